The maximum atomic E-state index is 11.7. The third-order valence-electron chi connectivity index (χ3n) is 3.80. The van der Waals surface area contributed by atoms with Gasteiger partial charge in [-0.3, -0.25) is 4.79 Å². The van der Waals surface area contributed by atoms with Gasteiger partial charge in [-0.2, -0.15) is 0 Å². The van der Waals surface area contributed by atoms with Crippen LogP contribution in [0.15, 0.2) is 24.8 Å². The first-order valence-corrected chi connectivity index (χ1v) is 6.37. The van der Waals surface area contributed by atoms with Crippen molar-refractivity contribution >= 4 is 11.5 Å². The number of aryl methyl sites for hydroxylation is 2. The fourth-order valence-electron chi connectivity index (χ4n) is 3.06. The molecule has 0 N–H and O–H groups in total. The van der Waals surface area contributed by atoms with E-state index >= 15 is 0 Å². The van der Waals surface area contributed by atoms with Gasteiger partial charge in [0, 0.05) is 24.3 Å². The van der Waals surface area contributed by atoms with Crippen LogP contribution in [0, 0.1) is 0 Å². The van der Waals surface area contributed by atoms with E-state index in [4.69, 9.17) is 0 Å². The van der Waals surface area contributed by atoms with Gasteiger partial charge in [-0.15, -0.1) is 0 Å². The molecule has 2 heterocycles. The molecule has 1 aromatic rings. The second-order valence-electron chi connectivity index (χ2n) is 4.91. The number of carbonyl (C=O) groups excluding carboxylic acids is 1. The topological polar surface area (TPSA) is 20.3 Å². The summed E-state index contributed by atoms with van der Waals surface area (Å²) < 4.78 is 0. The number of nitrogens with zero attached hydrogens (tertiary/aromatic N) is 1. The number of anilines is 1. The highest BCUT2D eigenvalue weighted by Gasteiger charge is 2.24. The summed E-state index contributed by atoms with van der Waals surface area (Å²) in [5, 5.41) is 0. The summed E-state index contributed by atoms with van der Waals surface area (Å²) in [5.41, 5.74) is 4.96. The van der Waals surface area contributed by atoms with Gasteiger partial charge >= 0.3 is 0 Å². The van der Waals surface area contributed by atoms with Crippen molar-refractivity contribution in [1.82, 2.24) is 0 Å². The molecule has 0 amide bonds. The van der Waals surface area contributed by atoms with Gasteiger partial charge < -0.3 is 4.90 Å². The smallest absolute Gasteiger partial charge is 0.185 e. The minimum absolute atomic E-state index is 0.0479. The van der Waals surface area contributed by atoms with Crippen LogP contribution in [0.25, 0.3) is 0 Å². The molecule has 17 heavy (non-hydrogen) atoms. The number of ketones is 1. The minimum atomic E-state index is 0.0479. The van der Waals surface area contributed by atoms with Crippen molar-refractivity contribution in [3.63, 3.8) is 0 Å². The average Bonchev–Trinajstić information content (AvgIpc) is 2.38. The number of allylic oxidation sites excluding steroid dienone is 1. The molecule has 3 rings (SSSR count). The van der Waals surface area contributed by atoms with Crippen molar-refractivity contribution in [3.05, 3.63) is 41.5 Å². The van der Waals surface area contributed by atoms with Crippen LogP contribution in [-0.4, -0.2) is 18.9 Å². The van der Waals surface area contributed by atoms with E-state index in [1.807, 2.05) is 0 Å². The molecule has 0 saturated carbocycles. The first-order valence-electron chi connectivity index (χ1n) is 6.37. The number of hydrogen-bond acceptors (Lipinski definition) is 2. The van der Waals surface area contributed by atoms with E-state index in [0.29, 0.717) is 0 Å². The maximum absolute atomic E-state index is 11.7. The van der Waals surface area contributed by atoms with E-state index < -0.39 is 0 Å². The molecule has 0 radical (unpaired) electrons. The van der Waals surface area contributed by atoms with Crippen molar-refractivity contribution in [1.29, 1.82) is 0 Å². The summed E-state index contributed by atoms with van der Waals surface area (Å²) >= 11 is 0. The van der Waals surface area contributed by atoms with Gasteiger partial charge in [-0.1, -0.05) is 6.58 Å². The van der Waals surface area contributed by atoms with Crippen molar-refractivity contribution in [2.24, 2.45) is 0 Å². The monoisotopic (exact) mass is 227 g/mol. The van der Waals surface area contributed by atoms with E-state index in [1.165, 1.54) is 48.8 Å². The largest absolute Gasteiger partial charge is 0.371 e. The standard InChI is InChI=1S/C15H17NO/c1-2-14(17)13-9-11-5-3-7-16-8-4-6-12(10-13)15(11)16/h2,9-10H,1,3-8H2. The van der Waals surface area contributed by atoms with E-state index in [9.17, 15) is 4.79 Å². The second-order valence-corrected chi connectivity index (χ2v) is 4.91. The summed E-state index contributed by atoms with van der Waals surface area (Å²) in [6.45, 7) is 5.92. The van der Waals surface area contributed by atoms with Gasteiger partial charge in [0.1, 0.15) is 0 Å². The van der Waals surface area contributed by atoms with Crippen molar-refractivity contribution < 1.29 is 4.79 Å². The first-order chi connectivity index (χ1) is 8.29. The summed E-state index contributed by atoms with van der Waals surface area (Å²) in [7, 11) is 0. The van der Waals surface area contributed by atoms with Crippen LogP contribution in [-0.2, 0) is 12.8 Å². The zero-order valence-electron chi connectivity index (χ0n) is 10.0. The molecule has 2 aliphatic heterocycles. The van der Waals surface area contributed by atoms with Crippen LogP contribution < -0.4 is 4.90 Å². The Kier molecular flexibility index (Phi) is 2.50. The molecule has 2 aliphatic rings. The molecule has 1 aromatic carbocycles. The van der Waals surface area contributed by atoms with E-state index in [0.717, 1.165) is 18.4 Å². The first kappa shape index (κ1) is 10.6. The van der Waals surface area contributed by atoms with E-state index in [-0.39, 0.29) is 5.78 Å². The van der Waals surface area contributed by atoms with E-state index in [2.05, 4.69) is 23.6 Å². The molecule has 0 fully saturated rings. The minimum Gasteiger partial charge on any atom is -0.371 e. The predicted molar refractivity (Wildman–Crippen MR) is 69.8 cm³/mol. The molecule has 88 valence electrons. The third-order valence-corrected chi connectivity index (χ3v) is 3.80. The predicted octanol–water partition coefficient (Wildman–Crippen LogP) is 2.75. The molecule has 0 aliphatic carbocycles. The molecule has 2 nitrogen and oxygen atoms in total. The van der Waals surface area contributed by atoms with Gasteiger partial charge in [0.25, 0.3) is 0 Å². The number of rotatable bonds is 2. The molecule has 0 aromatic heterocycles. The van der Waals surface area contributed by atoms with Crippen LogP contribution in [0.5, 0.6) is 0 Å². The number of hydrogen-bond donors (Lipinski definition) is 0. The van der Waals surface area contributed by atoms with Crippen LogP contribution in [0.1, 0.15) is 34.3 Å². The van der Waals surface area contributed by atoms with Gasteiger partial charge in [0.2, 0.25) is 0 Å². The lowest BCUT2D eigenvalue weighted by molar-refractivity contribution is 0.104. The van der Waals surface area contributed by atoms with Crippen LogP contribution in [0.3, 0.4) is 0 Å². The highest BCUT2D eigenvalue weighted by Crippen LogP contribution is 2.36. The fourth-order valence-corrected chi connectivity index (χ4v) is 3.06. The Hall–Kier alpha value is -1.57. The SMILES string of the molecule is C=CC(=O)c1cc2c3c(c1)CCCN3CCC2. The number of carbonyl (C=O) groups is 1. The fraction of sp³-hybridized carbons (Fsp3) is 0.400. The lowest BCUT2D eigenvalue weighted by Crippen LogP contribution is -2.34. The highest BCUT2D eigenvalue weighted by atomic mass is 16.1. The molecule has 2 heteroatoms. The molecule has 0 atom stereocenters. The van der Waals surface area contributed by atoms with Gasteiger partial charge in [0.15, 0.2) is 5.78 Å². The molecule has 0 spiro atoms. The van der Waals surface area contributed by atoms with Crippen molar-refractivity contribution in [3.8, 4) is 0 Å². The quantitative estimate of drug-likeness (QED) is 0.572. The maximum Gasteiger partial charge on any atom is 0.185 e. The number of benzene rings is 1. The molecular formula is C15H17NO. The molecular weight excluding hydrogens is 210 g/mol. The summed E-state index contributed by atoms with van der Waals surface area (Å²) in [5.74, 6) is 0.0479. The lowest BCUT2D eigenvalue weighted by Gasteiger charge is -2.37. The summed E-state index contributed by atoms with van der Waals surface area (Å²) in [6.07, 6.45) is 6.04. The van der Waals surface area contributed by atoms with Crippen LogP contribution in [0.4, 0.5) is 5.69 Å². The van der Waals surface area contributed by atoms with E-state index in [1.54, 1.807) is 0 Å². The Balaban J connectivity index is 2.14. The van der Waals surface area contributed by atoms with Crippen LogP contribution in [0.2, 0.25) is 0 Å². The van der Waals surface area contributed by atoms with Crippen LogP contribution >= 0.6 is 0 Å². The Bertz CT molecular complexity index is 459. The highest BCUT2D eigenvalue weighted by molar-refractivity contribution is 6.04. The molecule has 0 saturated heterocycles. The Morgan fingerprint density at radius 2 is 1.76 bits per heavy atom. The normalized spacial score (nSPS) is 17.5. The van der Waals surface area contributed by atoms with Gasteiger partial charge in [-0.05, 0) is 55.0 Å². The second kappa shape index (κ2) is 4.02. The lowest BCUT2D eigenvalue weighted by atomic mass is 9.89. The summed E-state index contributed by atoms with van der Waals surface area (Å²) in [6, 6.07) is 4.14. The Labute approximate surface area is 102 Å². The zero-order valence-corrected chi connectivity index (χ0v) is 10.0. The Morgan fingerprint density at radius 1 is 1.18 bits per heavy atom. The zero-order chi connectivity index (χ0) is 11.8. The van der Waals surface area contributed by atoms with Gasteiger partial charge in [0.05, 0.1) is 0 Å². The average molecular weight is 227 g/mol. The van der Waals surface area contributed by atoms with Gasteiger partial charge in [-0.25, -0.2) is 0 Å². The van der Waals surface area contributed by atoms with Crippen molar-refractivity contribution in [2.45, 2.75) is 25.7 Å². The molecule has 0 bridgehead atoms. The third kappa shape index (κ3) is 1.68. The Morgan fingerprint density at radius 3 is 2.29 bits per heavy atom. The molecule has 0 unspecified atom stereocenters. The summed E-state index contributed by atoms with van der Waals surface area (Å²) in [4.78, 5) is 14.2. The van der Waals surface area contributed by atoms with Crippen molar-refractivity contribution in [2.75, 3.05) is 18.0 Å².